The van der Waals surface area contributed by atoms with E-state index in [0.29, 0.717) is 13.1 Å². The Bertz CT molecular complexity index is 562. The fourth-order valence-corrected chi connectivity index (χ4v) is 2.58. The lowest BCUT2D eigenvalue weighted by Crippen LogP contribution is -2.52. The first kappa shape index (κ1) is 18.2. The summed E-state index contributed by atoms with van der Waals surface area (Å²) < 4.78 is 0. The van der Waals surface area contributed by atoms with Crippen molar-refractivity contribution in [3.8, 4) is 0 Å². The molecule has 0 aromatic carbocycles. The van der Waals surface area contributed by atoms with Crippen LogP contribution in [0, 0.1) is 5.41 Å². The fourth-order valence-electron chi connectivity index (χ4n) is 2.58. The third-order valence-electron chi connectivity index (χ3n) is 4.13. The van der Waals surface area contributed by atoms with Gasteiger partial charge in [-0.3, -0.25) is 9.59 Å². The molecule has 1 fully saturated rings. The number of hydrogen-bond donors (Lipinski definition) is 2. The molecule has 1 aliphatic heterocycles. The Kier molecular flexibility index (Phi) is 5.75. The topological polar surface area (TPSA) is 87.2 Å². The van der Waals surface area contributed by atoms with Crippen molar-refractivity contribution in [2.24, 2.45) is 5.41 Å². The SMILES string of the molecule is CC(NC(=O)C(C)(C)C)C(=O)N1CCC(Nc2cccnn2)CC1. The molecular formula is C17H27N5O2. The first-order valence-electron chi connectivity index (χ1n) is 8.41. The van der Waals surface area contributed by atoms with E-state index in [1.165, 1.54) is 0 Å². The summed E-state index contributed by atoms with van der Waals surface area (Å²) in [5, 5.41) is 14.0. The van der Waals surface area contributed by atoms with Crippen molar-refractivity contribution in [1.82, 2.24) is 20.4 Å². The molecule has 0 aliphatic carbocycles. The molecule has 2 N–H and O–H groups in total. The van der Waals surface area contributed by atoms with Gasteiger partial charge < -0.3 is 15.5 Å². The molecular weight excluding hydrogens is 306 g/mol. The zero-order chi connectivity index (χ0) is 17.7. The first-order chi connectivity index (χ1) is 11.3. The van der Waals surface area contributed by atoms with Crippen LogP contribution in [0.5, 0.6) is 0 Å². The number of hydrogen-bond acceptors (Lipinski definition) is 5. The van der Waals surface area contributed by atoms with Crippen molar-refractivity contribution in [1.29, 1.82) is 0 Å². The van der Waals surface area contributed by atoms with Crippen LogP contribution in [0.1, 0.15) is 40.5 Å². The molecule has 24 heavy (non-hydrogen) atoms. The molecule has 2 heterocycles. The summed E-state index contributed by atoms with van der Waals surface area (Å²) in [5.41, 5.74) is -0.498. The van der Waals surface area contributed by atoms with Crippen LogP contribution >= 0.6 is 0 Å². The van der Waals surface area contributed by atoms with Gasteiger partial charge in [-0.1, -0.05) is 20.8 Å². The zero-order valence-electron chi connectivity index (χ0n) is 14.9. The molecule has 1 saturated heterocycles. The molecule has 7 heteroatoms. The number of carbonyl (C=O) groups excluding carboxylic acids is 2. The molecule has 1 aromatic heterocycles. The van der Waals surface area contributed by atoms with Crippen LogP contribution in [-0.4, -0.2) is 52.1 Å². The van der Waals surface area contributed by atoms with Gasteiger partial charge in [-0.25, -0.2) is 0 Å². The second-order valence-electron chi connectivity index (χ2n) is 7.30. The number of carbonyl (C=O) groups is 2. The van der Waals surface area contributed by atoms with E-state index in [1.54, 1.807) is 13.1 Å². The Hall–Kier alpha value is -2.18. The lowest BCUT2D eigenvalue weighted by molar-refractivity contribution is -0.138. The maximum absolute atomic E-state index is 12.5. The molecule has 0 spiro atoms. The molecule has 0 bridgehead atoms. The van der Waals surface area contributed by atoms with Crippen molar-refractivity contribution < 1.29 is 9.59 Å². The summed E-state index contributed by atoms with van der Waals surface area (Å²) in [6.45, 7) is 8.60. The van der Waals surface area contributed by atoms with Crippen molar-refractivity contribution in [2.75, 3.05) is 18.4 Å². The largest absolute Gasteiger partial charge is 0.366 e. The van der Waals surface area contributed by atoms with Gasteiger partial charge in [-0.15, -0.1) is 5.10 Å². The van der Waals surface area contributed by atoms with E-state index >= 15 is 0 Å². The van der Waals surface area contributed by atoms with Gasteiger partial charge in [0.1, 0.15) is 11.9 Å². The Morgan fingerprint density at radius 2 is 1.96 bits per heavy atom. The van der Waals surface area contributed by atoms with Crippen LogP contribution in [0.4, 0.5) is 5.82 Å². The van der Waals surface area contributed by atoms with Crippen LogP contribution in [0.2, 0.25) is 0 Å². The quantitative estimate of drug-likeness (QED) is 0.870. The van der Waals surface area contributed by atoms with Crippen molar-refractivity contribution in [3.63, 3.8) is 0 Å². The van der Waals surface area contributed by atoms with E-state index < -0.39 is 11.5 Å². The van der Waals surface area contributed by atoms with E-state index in [0.717, 1.165) is 18.7 Å². The predicted octanol–water partition coefficient (Wildman–Crippen LogP) is 1.43. The summed E-state index contributed by atoms with van der Waals surface area (Å²) in [7, 11) is 0. The Morgan fingerprint density at radius 1 is 1.29 bits per heavy atom. The minimum absolute atomic E-state index is 0.0226. The summed E-state index contributed by atoms with van der Waals surface area (Å²) in [6, 6.07) is 3.51. The standard InChI is InChI=1S/C17H27N5O2/c1-12(19-16(24)17(2,3)4)15(23)22-10-7-13(8-11-22)20-14-6-5-9-18-21-14/h5-6,9,12-13H,7-8,10-11H2,1-4H3,(H,19,24)(H,20,21). The lowest BCUT2D eigenvalue weighted by Gasteiger charge is -2.34. The Balaban J connectivity index is 1.81. The Morgan fingerprint density at radius 3 is 2.50 bits per heavy atom. The van der Waals surface area contributed by atoms with Gasteiger partial charge >= 0.3 is 0 Å². The summed E-state index contributed by atoms with van der Waals surface area (Å²) in [4.78, 5) is 26.3. The van der Waals surface area contributed by atoms with Crippen molar-refractivity contribution >= 4 is 17.6 Å². The number of amides is 2. The van der Waals surface area contributed by atoms with Gasteiger partial charge in [0.15, 0.2) is 0 Å². The molecule has 132 valence electrons. The van der Waals surface area contributed by atoms with Gasteiger partial charge in [0.2, 0.25) is 11.8 Å². The number of nitrogens with zero attached hydrogens (tertiary/aromatic N) is 3. The van der Waals surface area contributed by atoms with E-state index in [1.807, 2.05) is 37.8 Å². The number of likely N-dealkylation sites (tertiary alicyclic amines) is 1. The van der Waals surface area contributed by atoms with Crippen LogP contribution in [0.15, 0.2) is 18.3 Å². The van der Waals surface area contributed by atoms with Gasteiger partial charge in [-0.05, 0) is 31.9 Å². The molecule has 2 rings (SSSR count). The van der Waals surface area contributed by atoms with Crippen molar-refractivity contribution in [3.05, 3.63) is 18.3 Å². The number of anilines is 1. The highest BCUT2D eigenvalue weighted by atomic mass is 16.2. The molecule has 1 unspecified atom stereocenters. The van der Waals surface area contributed by atoms with Crippen LogP contribution in [0.3, 0.4) is 0 Å². The highest BCUT2D eigenvalue weighted by molar-refractivity contribution is 5.89. The third-order valence-corrected chi connectivity index (χ3v) is 4.13. The molecule has 7 nitrogen and oxygen atoms in total. The minimum Gasteiger partial charge on any atom is -0.366 e. The second-order valence-corrected chi connectivity index (χ2v) is 7.30. The van der Waals surface area contributed by atoms with Crippen molar-refractivity contribution in [2.45, 2.75) is 52.6 Å². The summed E-state index contributed by atoms with van der Waals surface area (Å²) >= 11 is 0. The van der Waals surface area contributed by atoms with Gasteiger partial charge in [0, 0.05) is 30.7 Å². The van der Waals surface area contributed by atoms with E-state index in [2.05, 4.69) is 20.8 Å². The average molecular weight is 333 g/mol. The van der Waals surface area contributed by atoms with Gasteiger partial charge in [0.25, 0.3) is 0 Å². The third kappa shape index (κ3) is 4.91. The van der Waals surface area contributed by atoms with Crippen LogP contribution in [-0.2, 0) is 9.59 Å². The fraction of sp³-hybridized carbons (Fsp3) is 0.647. The maximum atomic E-state index is 12.5. The number of rotatable bonds is 4. The molecule has 1 atom stereocenters. The normalized spacial score (nSPS) is 17.2. The molecule has 0 radical (unpaired) electrons. The lowest BCUT2D eigenvalue weighted by atomic mass is 9.95. The number of piperidine rings is 1. The maximum Gasteiger partial charge on any atom is 0.244 e. The predicted molar refractivity (Wildman–Crippen MR) is 92.3 cm³/mol. The number of aromatic nitrogens is 2. The summed E-state index contributed by atoms with van der Waals surface area (Å²) in [6.07, 6.45) is 3.34. The van der Waals surface area contributed by atoms with Gasteiger partial charge in [-0.2, -0.15) is 5.10 Å². The smallest absolute Gasteiger partial charge is 0.244 e. The highest BCUT2D eigenvalue weighted by Crippen LogP contribution is 2.16. The van der Waals surface area contributed by atoms with E-state index in [9.17, 15) is 9.59 Å². The first-order valence-corrected chi connectivity index (χ1v) is 8.41. The average Bonchev–Trinajstić information content (AvgIpc) is 2.55. The Labute approximate surface area is 143 Å². The molecule has 1 aromatic rings. The van der Waals surface area contributed by atoms with E-state index in [-0.39, 0.29) is 17.9 Å². The second kappa shape index (κ2) is 7.59. The monoisotopic (exact) mass is 333 g/mol. The van der Waals surface area contributed by atoms with E-state index in [4.69, 9.17) is 0 Å². The van der Waals surface area contributed by atoms with Crippen LogP contribution in [0.25, 0.3) is 0 Å². The van der Waals surface area contributed by atoms with Gasteiger partial charge in [0.05, 0.1) is 0 Å². The highest BCUT2D eigenvalue weighted by Gasteiger charge is 2.29. The molecule has 0 saturated carbocycles. The summed E-state index contributed by atoms with van der Waals surface area (Å²) in [5.74, 6) is 0.626. The molecule has 1 aliphatic rings. The number of nitrogens with one attached hydrogen (secondary N) is 2. The zero-order valence-corrected chi connectivity index (χ0v) is 14.9. The van der Waals surface area contributed by atoms with Crippen LogP contribution < -0.4 is 10.6 Å². The molecule has 2 amide bonds. The minimum atomic E-state index is -0.499.